The lowest BCUT2D eigenvalue weighted by Gasteiger charge is -2.44. The molecule has 0 unspecified atom stereocenters. The number of hydrogen-bond acceptors (Lipinski definition) is 3. The Morgan fingerprint density at radius 3 is 2.50 bits per heavy atom. The molecule has 1 saturated heterocycles. The molecule has 1 aliphatic rings. The van der Waals surface area contributed by atoms with E-state index in [1.807, 2.05) is 12.1 Å². The van der Waals surface area contributed by atoms with E-state index in [1.165, 1.54) is 0 Å². The van der Waals surface area contributed by atoms with Crippen LogP contribution >= 0.6 is 0 Å². The van der Waals surface area contributed by atoms with Crippen LogP contribution in [-0.2, 0) is 9.22 Å². The van der Waals surface area contributed by atoms with E-state index in [-0.39, 0.29) is 17.0 Å². The fraction of sp³-hybridized carbons (Fsp3) is 0.615. The van der Waals surface area contributed by atoms with Gasteiger partial charge in [-0.2, -0.15) is 0 Å². The van der Waals surface area contributed by atoms with E-state index in [2.05, 4.69) is 39.2 Å². The largest absolute Gasteiger partial charge is 0.467 e. The highest BCUT2D eigenvalue weighted by atomic mass is 28.4. The second kappa shape index (κ2) is 4.24. The third-order valence-corrected chi connectivity index (χ3v) is 8.39. The third-order valence-electron chi connectivity index (χ3n) is 3.94. The first-order valence-corrected chi connectivity index (χ1v) is 9.15. The van der Waals surface area contributed by atoms with Crippen LogP contribution in [0.3, 0.4) is 0 Å². The molecule has 4 nitrogen and oxygen atoms in total. The molecule has 2 heterocycles. The maximum atomic E-state index is 11.7. The lowest BCUT2D eigenvalue weighted by atomic mass is 10.0. The molecule has 0 radical (unpaired) electrons. The maximum Gasteiger partial charge on any atom is 0.251 e. The van der Waals surface area contributed by atoms with Gasteiger partial charge >= 0.3 is 0 Å². The van der Waals surface area contributed by atoms with Crippen molar-refractivity contribution in [3.8, 4) is 0 Å². The minimum absolute atomic E-state index is 0.0405. The standard InChI is InChI=1S/C13H21NO3Si/c1-13(2,3)18(4,5)17-11-10(14-12(11)15)9-7-6-8-16-9/h6-8,10-11H,1-5H3,(H,14,15)/t10-,11+/m0/s1. The summed E-state index contributed by atoms with van der Waals surface area (Å²) in [5, 5.41) is 2.93. The van der Waals surface area contributed by atoms with E-state index in [0.717, 1.165) is 5.76 Å². The molecule has 2 atom stereocenters. The zero-order chi connectivity index (χ0) is 13.6. The Labute approximate surface area is 109 Å². The highest BCUT2D eigenvalue weighted by Gasteiger charge is 2.49. The van der Waals surface area contributed by atoms with Gasteiger partial charge in [0.15, 0.2) is 14.4 Å². The monoisotopic (exact) mass is 267 g/mol. The molecule has 0 bridgehead atoms. The smallest absolute Gasteiger partial charge is 0.251 e. The van der Waals surface area contributed by atoms with Gasteiger partial charge in [0.25, 0.3) is 5.91 Å². The Hall–Kier alpha value is -1.07. The Kier molecular flexibility index (Phi) is 3.15. The molecule has 100 valence electrons. The van der Waals surface area contributed by atoms with Gasteiger partial charge in [-0.3, -0.25) is 4.79 Å². The third kappa shape index (κ3) is 2.24. The van der Waals surface area contributed by atoms with Crippen LogP contribution in [0.1, 0.15) is 32.6 Å². The predicted molar refractivity (Wildman–Crippen MR) is 71.7 cm³/mol. The average Bonchev–Trinajstić information content (AvgIpc) is 2.74. The highest BCUT2D eigenvalue weighted by Crippen LogP contribution is 2.40. The molecule has 2 rings (SSSR count). The second-order valence-electron chi connectivity index (χ2n) is 6.30. The number of β-lactam (4-membered cyclic amide) rings is 1. The fourth-order valence-corrected chi connectivity index (χ4v) is 2.90. The van der Waals surface area contributed by atoms with Crippen molar-refractivity contribution in [3.05, 3.63) is 24.2 Å². The Morgan fingerprint density at radius 2 is 2.06 bits per heavy atom. The van der Waals surface area contributed by atoms with Crippen LogP contribution in [0.4, 0.5) is 0 Å². The molecule has 1 fully saturated rings. The van der Waals surface area contributed by atoms with Crippen LogP contribution in [0.25, 0.3) is 0 Å². The average molecular weight is 267 g/mol. The van der Waals surface area contributed by atoms with Crippen LogP contribution in [0.2, 0.25) is 18.1 Å². The van der Waals surface area contributed by atoms with E-state index in [0.29, 0.717) is 0 Å². The summed E-state index contributed by atoms with van der Waals surface area (Å²) in [5.74, 6) is 0.722. The van der Waals surface area contributed by atoms with Crippen LogP contribution < -0.4 is 5.32 Å². The van der Waals surface area contributed by atoms with E-state index in [1.54, 1.807) is 6.26 Å². The predicted octanol–water partition coefficient (Wildman–Crippen LogP) is 2.84. The van der Waals surface area contributed by atoms with Gasteiger partial charge in [0, 0.05) is 0 Å². The van der Waals surface area contributed by atoms with E-state index in [9.17, 15) is 4.79 Å². The molecular weight excluding hydrogens is 246 g/mol. The SMILES string of the molecule is CC(C)(C)[Si](C)(C)O[C@H]1C(=O)N[C@H]1c1ccco1. The number of hydrogen-bond donors (Lipinski definition) is 1. The van der Waals surface area contributed by atoms with Gasteiger partial charge < -0.3 is 14.2 Å². The molecule has 0 spiro atoms. The number of amides is 1. The van der Waals surface area contributed by atoms with E-state index >= 15 is 0 Å². The van der Waals surface area contributed by atoms with Crippen LogP contribution in [0.5, 0.6) is 0 Å². The van der Waals surface area contributed by atoms with Gasteiger partial charge in [0.2, 0.25) is 0 Å². The normalized spacial score (nSPS) is 24.6. The summed E-state index contributed by atoms with van der Waals surface area (Å²) in [7, 11) is -1.94. The highest BCUT2D eigenvalue weighted by molar-refractivity contribution is 6.74. The van der Waals surface area contributed by atoms with Gasteiger partial charge in [0.05, 0.1) is 6.26 Å². The molecule has 0 saturated carbocycles. The molecule has 1 amide bonds. The van der Waals surface area contributed by atoms with Crippen LogP contribution in [0.15, 0.2) is 22.8 Å². The molecule has 1 aromatic rings. The van der Waals surface area contributed by atoms with Crippen molar-refractivity contribution in [3.63, 3.8) is 0 Å². The Bertz CT molecular complexity index is 434. The lowest BCUT2D eigenvalue weighted by molar-refractivity contribution is -0.142. The first kappa shape index (κ1) is 13.4. The maximum absolute atomic E-state index is 11.7. The van der Waals surface area contributed by atoms with Gasteiger partial charge in [-0.15, -0.1) is 0 Å². The van der Waals surface area contributed by atoms with Crippen molar-refractivity contribution in [2.24, 2.45) is 0 Å². The summed E-state index contributed by atoms with van der Waals surface area (Å²) < 4.78 is 11.5. The first-order chi connectivity index (χ1) is 8.22. The van der Waals surface area contributed by atoms with Gasteiger partial charge in [-0.05, 0) is 30.3 Å². The van der Waals surface area contributed by atoms with Crippen molar-refractivity contribution < 1.29 is 13.6 Å². The Balaban J connectivity index is 2.11. The summed E-state index contributed by atoms with van der Waals surface area (Å²) in [4.78, 5) is 11.7. The Morgan fingerprint density at radius 1 is 1.39 bits per heavy atom. The first-order valence-electron chi connectivity index (χ1n) is 6.24. The number of carbonyl (C=O) groups excluding carboxylic acids is 1. The minimum Gasteiger partial charge on any atom is -0.467 e. The summed E-state index contributed by atoms with van der Waals surface area (Å²) in [6, 6.07) is 3.55. The molecule has 0 aliphatic carbocycles. The topological polar surface area (TPSA) is 51.5 Å². The van der Waals surface area contributed by atoms with Crippen molar-refractivity contribution in [1.82, 2.24) is 5.32 Å². The van der Waals surface area contributed by atoms with Crippen molar-refractivity contribution >= 4 is 14.2 Å². The van der Waals surface area contributed by atoms with E-state index in [4.69, 9.17) is 8.84 Å². The second-order valence-corrected chi connectivity index (χ2v) is 11.1. The van der Waals surface area contributed by atoms with Crippen LogP contribution in [0, 0.1) is 0 Å². The quantitative estimate of drug-likeness (QED) is 0.677. The van der Waals surface area contributed by atoms with Crippen molar-refractivity contribution in [2.75, 3.05) is 0 Å². The van der Waals surface area contributed by atoms with Gasteiger partial charge in [-0.1, -0.05) is 20.8 Å². The van der Waals surface area contributed by atoms with E-state index < -0.39 is 14.4 Å². The molecule has 1 aromatic heterocycles. The molecule has 1 aliphatic heterocycles. The molecule has 5 heteroatoms. The summed E-state index contributed by atoms with van der Waals surface area (Å²) >= 11 is 0. The zero-order valence-electron chi connectivity index (χ0n) is 11.6. The molecule has 18 heavy (non-hydrogen) atoms. The number of furan rings is 1. The molecular formula is C13H21NO3Si. The van der Waals surface area contributed by atoms with Gasteiger partial charge in [-0.25, -0.2) is 0 Å². The lowest BCUT2D eigenvalue weighted by Crippen LogP contribution is -2.61. The van der Waals surface area contributed by atoms with Gasteiger partial charge in [0.1, 0.15) is 11.8 Å². The van der Waals surface area contributed by atoms with Crippen molar-refractivity contribution in [1.29, 1.82) is 0 Å². The van der Waals surface area contributed by atoms with Crippen molar-refractivity contribution in [2.45, 2.75) is 51.0 Å². The number of rotatable bonds is 3. The zero-order valence-corrected chi connectivity index (χ0v) is 12.6. The number of carbonyl (C=O) groups is 1. The van der Waals surface area contributed by atoms with Crippen LogP contribution in [-0.4, -0.2) is 20.3 Å². The minimum atomic E-state index is -1.94. The molecule has 0 aromatic carbocycles. The summed E-state index contributed by atoms with van der Waals surface area (Å²) in [6.07, 6.45) is 1.21. The summed E-state index contributed by atoms with van der Waals surface area (Å²) in [6.45, 7) is 10.8. The number of nitrogens with one attached hydrogen (secondary N) is 1. The summed E-state index contributed by atoms with van der Waals surface area (Å²) in [5.41, 5.74) is 0. The molecule has 1 N–H and O–H groups in total. The fourth-order valence-electron chi connectivity index (χ4n) is 1.67.